The third-order valence-corrected chi connectivity index (χ3v) is 4.97. The first kappa shape index (κ1) is 16.5. The van der Waals surface area contributed by atoms with Gasteiger partial charge in [0.1, 0.15) is 28.7 Å². The minimum Gasteiger partial charge on any atom is -0.497 e. The highest BCUT2D eigenvalue weighted by Gasteiger charge is 2.33. The molecule has 7 heteroatoms. The van der Waals surface area contributed by atoms with Gasteiger partial charge in [0.05, 0.1) is 32.1 Å². The van der Waals surface area contributed by atoms with E-state index < -0.39 is 0 Å². The van der Waals surface area contributed by atoms with Crippen LogP contribution in [0.1, 0.15) is 30.1 Å². The van der Waals surface area contributed by atoms with E-state index in [0.717, 1.165) is 42.8 Å². The van der Waals surface area contributed by atoms with Crippen LogP contribution in [0.25, 0.3) is 5.57 Å². The number of imidazole rings is 1. The number of rotatable bonds is 4. The average molecular weight is 354 g/mol. The number of aromatic amines is 1. The van der Waals surface area contributed by atoms with E-state index in [4.69, 9.17) is 15.2 Å². The second kappa shape index (κ2) is 6.40. The van der Waals surface area contributed by atoms with Gasteiger partial charge in [0.2, 0.25) is 0 Å². The van der Waals surface area contributed by atoms with Gasteiger partial charge in [-0.25, -0.2) is 4.98 Å². The lowest BCUT2D eigenvalue weighted by Crippen LogP contribution is -2.25. The Morgan fingerprint density at radius 2 is 1.81 bits per heavy atom. The van der Waals surface area contributed by atoms with Gasteiger partial charge in [-0.3, -0.25) is 4.79 Å². The van der Waals surface area contributed by atoms with Gasteiger partial charge in [-0.2, -0.15) is 0 Å². The van der Waals surface area contributed by atoms with E-state index in [1.807, 2.05) is 12.1 Å². The lowest BCUT2D eigenvalue weighted by atomic mass is 10.0. The van der Waals surface area contributed by atoms with E-state index in [1.165, 1.54) is 0 Å². The van der Waals surface area contributed by atoms with Crippen LogP contribution in [-0.2, 0) is 17.6 Å². The molecule has 2 heterocycles. The molecule has 136 valence electrons. The zero-order valence-electron chi connectivity index (χ0n) is 15.0. The van der Waals surface area contributed by atoms with Crippen LogP contribution in [-0.4, -0.2) is 36.5 Å². The van der Waals surface area contributed by atoms with E-state index in [0.29, 0.717) is 28.7 Å². The molecule has 0 radical (unpaired) electrons. The van der Waals surface area contributed by atoms with Crippen LogP contribution in [0.4, 0.5) is 5.69 Å². The standard InChI is InChI=1S/C19H22N4O3/c1-25-12-7-11(8-13(9-12)26-2)23-10-16(24)17(18(23)20)19-21-14-5-3-4-6-15(14)22-19/h7-9H,3-6,10,20H2,1-2H3,(H,21,22). The van der Waals surface area contributed by atoms with Crippen LogP contribution >= 0.6 is 0 Å². The van der Waals surface area contributed by atoms with Gasteiger partial charge in [0, 0.05) is 23.9 Å². The summed E-state index contributed by atoms with van der Waals surface area (Å²) >= 11 is 0. The fourth-order valence-corrected chi connectivity index (χ4v) is 3.59. The summed E-state index contributed by atoms with van der Waals surface area (Å²) in [5.41, 5.74) is 9.75. The van der Waals surface area contributed by atoms with Gasteiger partial charge >= 0.3 is 0 Å². The number of methoxy groups -OCH3 is 2. The van der Waals surface area contributed by atoms with Crippen molar-refractivity contribution < 1.29 is 14.3 Å². The number of H-pyrrole nitrogens is 1. The highest BCUT2D eigenvalue weighted by molar-refractivity contribution is 6.25. The Kier molecular flexibility index (Phi) is 4.06. The maximum atomic E-state index is 12.7. The second-order valence-corrected chi connectivity index (χ2v) is 6.56. The molecule has 0 saturated carbocycles. The monoisotopic (exact) mass is 354 g/mol. The minimum absolute atomic E-state index is 0.0459. The summed E-state index contributed by atoms with van der Waals surface area (Å²) in [6.45, 7) is 0.169. The Morgan fingerprint density at radius 3 is 2.46 bits per heavy atom. The third-order valence-electron chi connectivity index (χ3n) is 4.97. The summed E-state index contributed by atoms with van der Waals surface area (Å²) in [5, 5.41) is 0. The number of ether oxygens (including phenoxy) is 2. The number of benzene rings is 1. The predicted octanol–water partition coefficient (Wildman–Crippen LogP) is 2.02. The molecule has 0 unspecified atom stereocenters. The minimum atomic E-state index is -0.0459. The van der Waals surface area contributed by atoms with Gasteiger partial charge < -0.3 is 25.1 Å². The van der Waals surface area contributed by atoms with E-state index in [2.05, 4.69) is 9.97 Å². The van der Waals surface area contributed by atoms with Gasteiger partial charge in [0.15, 0.2) is 5.78 Å². The highest BCUT2D eigenvalue weighted by Crippen LogP contribution is 2.34. The van der Waals surface area contributed by atoms with Crippen molar-refractivity contribution in [2.24, 2.45) is 5.73 Å². The van der Waals surface area contributed by atoms with Gasteiger partial charge in [-0.1, -0.05) is 0 Å². The Hall–Kier alpha value is -2.96. The topological polar surface area (TPSA) is 93.5 Å². The number of aryl methyl sites for hydroxylation is 2. The maximum absolute atomic E-state index is 12.7. The number of nitrogens with two attached hydrogens (primary N) is 1. The number of hydrogen-bond donors (Lipinski definition) is 2. The van der Waals surface area contributed by atoms with Crippen LogP contribution < -0.4 is 20.1 Å². The fourth-order valence-electron chi connectivity index (χ4n) is 3.59. The maximum Gasteiger partial charge on any atom is 0.189 e. The van der Waals surface area contributed by atoms with Crippen molar-refractivity contribution in [3.05, 3.63) is 41.2 Å². The number of carbonyl (C=O) groups excluding carboxylic acids is 1. The number of hydrogen-bond acceptors (Lipinski definition) is 6. The zero-order valence-corrected chi connectivity index (χ0v) is 15.0. The molecule has 1 aromatic heterocycles. The number of nitrogens with one attached hydrogen (secondary N) is 1. The molecule has 4 rings (SSSR count). The van der Waals surface area contributed by atoms with Crippen LogP contribution in [0.3, 0.4) is 0 Å². The number of nitrogens with zero attached hydrogens (tertiary/aromatic N) is 2. The first-order valence-electron chi connectivity index (χ1n) is 8.72. The number of aromatic nitrogens is 2. The van der Waals surface area contributed by atoms with Crippen LogP contribution in [0.5, 0.6) is 11.5 Å². The first-order valence-corrected chi connectivity index (χ1v) is 8.72. The van der Waals surface area contributed by atoms with Crippen LogP contribution in [0.2, 0.25) is 0 Å². The van der Waals surface area contributed by atoms with E-state index in [9.17, 15) is 4.79 Å². The molecule has 1 aliphatic carbocycles. The quantitative estimate of drug-likeness (QED) is 0.872. The smallest absolute Gasteiger partial charge is 0.189 e. The average Bonchev–Trinajstić information content (AvgIpc) is 3.21. The molecule has 7 nitrogen and oxygen atoms in total. The number of ketones is 1. The SMILES string of the molecule is COc1cc(OC)cc(N2CC(=O)C(c3nc4c([nH]3)CCCC4)=C2N)c1. The van der Waals surface area contributed by atoms with E-state index in [-0.39, 0.29) is 12.3 Å². The lowest BCUT2D eigenvalue weighted by molar-refractivity contribution is -0.112. The van der Waals surface area contributed by atoms with Crippen molar-refractivity contribution in [1.29, 1.82) is 0 Å². The Balaban J connectivity index is 1.74. The van der Waals surface area contributed by atoms with Crippen LogP contribution in [0.15, 0.2) is 24.0 Å². The van der Waals surface area contributed by atoms with Crippen molar-refractivity contribution in [2.45, 2.75) is 25.7 Å². The summed E-state index contributed by atoms with van der Waals surface area (Å²) in [6, 6.07) is 5.44. The molecular weight excluding hydrogens is 332 g/mol. The number of Topliss-reactive ketones (excluding diaryl/α,β-unsaturated/α-hetero) is 1. The zero-order chi connectivity index (χ0) is 18.3. The molecule has 0 atom stereocenters. The third kappa shape index (κ3) is 2.69. The normalized spacial score (nSPS) is 16.8. The van der Waals surface area contributed by atoms with Crippen molar-refractivity contribution in [3.63, 3.8) is 0 Å². The van der Waals surface area contributed by atoms with Crippen molar-refractivity contribution in [3.8, 4) is 11.5 Å². The van der Waals surface area contributed by atoms with E-state index >= 15 is 0 Å². The van der Waals surface area contributed by atoms with Gasteiger partial charge in [-0.15, -0.1) is 0 Å². The predicted molar refractivity (Wildman–Crippen MR) is 98.2 cm³/mol. The van der Waals surface area contributed by atoms with Gasteiger partial charge in [0.25, 0.3) is 0 Å². The number of fused-ring (bicyclic) bond motifs is 1. The molecule has 2 aliphatic rings. The molecule has 1 aromatic carbocycles. The Morgan fingerprint density at radius 1 is 1.12 bits per heavy atom. The van der Waals surface area contributed by atoms with Crippen molar-refractivity contribution in [1.82, 2.24) is 9.97 Å². The molecule has 2 aromatic rings. The Labute approximate surface area is 151 Å². The number of anilines is 1. The lowest BCUT2D eigenvalue weighted by Gasteiger charge is -2.20. The van der Waals surface area contributed by atoms with Gasteiger partial charge in [-0.05, 0) is 25.7 Å². The molecule has 0 saturated heterocycles. The fraction of sp³-hybridized carbons (Fsp3) is 0.368. The second-order valence-electron chi connectivity index (χ2n) is 6.56. The molecular formula is C19H22N4O3. The summed E-state index contributed by atoms with van der Waals surface area (Å²) in [5.74, 6) is 2.21. The highest BCUT2D eigenvalue weighted by atomic mass is 16.5. The number of carbonyl (C=O) groups is 1. The summed E-state index contributed by atoms with van der Waals surface area (Å²) in [4.78, 5) is 22.4. The Bertz CT molecular complexity index is 854. The van der Waals surface area contributed by atoms with Crippen LogP contribution in [0, 0.1) is 0 Å². The molecule has 1 aliphatic heterocycles. The molecule has 0 amide bonds. The van der Waals surface area contributed by atoms with Crippen molar-refractivity contribution >= 4 is 17.0 Å². The summed E-state index contributed by atoms with van der Waals surface area (Å²) in [7, 11) is 3.18. The van der Waals surface area contributed by atoms with Crippen molar-refractivity contribution in [2.75, 3.05) is 25.7 Å². The molecule has 3 N–H and O–H groups in total. The summed E-state index contributed by atoms with van der Waals surface area (Å²) < 4.78 is 10.6. The summed E-state index contributed by atoms with van der Waals surface area (Å²) in [6.07, 6.45) is 4.20. The molecule has 0 fully saturated rings. The largest absolute Gasteiger partial charge is 0.497 e. The molecule has 26 heavy (non-hydrogen) atoms. The molecule has 0 bridgehead atoms. The molecule has 0 spiro atoms. The van der Waals surface area contributed by atoms with E-state index in [1.54, 1.807) is 25.2 Å². The first-order chi connectivity index (χ1) is 12.6.